The van der Waals surface area contributed by atoms with Crippen LogP contribution in [0.4, 0.5) is 0 Å². The first kappa shape index (κ1) is 20.0. The zero-order valence-electron chi connectivity index (χ0n) is 17.5. The molecule has 156 valence electrons. The van der Waals surface area contributed by atoms with E-state index in [1.54, 1.807) is 37.3 Å². The van der Waals surface area contributed by atoms with Crippen molar-refractivity contribution in [2.24, 2.45) is 0 Å². The molecular weight excluding hydrogens is 384 g/mol. The fourth-order valence-electron chi connectivity index (χ4n) is 3.88. The third-order valence-electron chi connectivity index (χ3n) is 5.40. The van der Waals surface area contributed by atoms with Crippen LogP contribution in [-0.4, -0.2) is 57.1 Å². The Bertz CT molecular complexity index is 1170. The molecule has 1 atom stereocenters. The molecule has 0 spiro atoms. The van der Waals surface area contributed by atoms with Gasteiger partial charge in [0, 0.05) is 24.7 Å². The van der Waals surface area contributed by atoms with E-state index in [2.05, 4.69) is 0 Å². The second-order valence-corrected chi connectivity index (χ2v) is 7.48. The first-order valence-electron chi connectivity index (χ1n) is 9.69. The molecule has 30 heavy (non-hydrogen) atoms. The van der Waals surface area contributed by atoms with Gasteiger partial charge in [0.25, 0.3) is 5.91 Å². The van der Waals surface area contributed by atoms with E-state index in [4.69, 9.17) is 13.9 Å². The Labute approximate surface area is 174 Å². The lowest BCUT2D eigenvalue weighted by atomic mass is 9.97. The average Bonchev–Trinajstić information content (AvgIpc) is 3.03. The van der Waals surface area contributed by atoms with Gasteiger partial charge in [-0.1, -0.05) is 18.2 Å². The van der Waals surface area contributed by atoms with E-state index < -0.39 is 6.04 Å². The van der Waals surface area contributed by atoms with Crippen molar-refractivity contribution in [2.75, 3.05) is 41.4 Å². The van der Waals surface area contributed by atoms with Crippen LogP contribution in [0.5, 0.6) is 11.5 Å². The lowest BCUT2D eigenvalue weighted by molar-refractivity contribution is 0.0715. The quantitative estimate of drug-likeness (QED) is 0.625. The summed E-state index contributed by atoms with van der Waals surface area (Å²) in [5.41, 5.74) is 1.22. The number of likely N-dealkylation sites (N-methyl/N-ethyl adjacent to an activating group) is 1. The van der Waals surface area contributed by atoms with Crippen LogP contribution in [0.3, 0.4) is 0 Å². The van der Waals surface area contributed by atoms with E-state index in [0.29, 0.717) is 41.1 Å². The molecule has 0 saturated carbocycles. The van der Waals surface area contributed by atoms with Gasteiger partial charge < -0.3 is 23.7 Å². The van der Waals surface area contributed by atoms with Crippen LogP contribution >= 0.6 is 0 Å². The molecule has 1 amide bonds. The number of hydrogen-bond acceptors (Lipinski definition) is 6. The Kier molecular flexibility index (Phi) is 5.22. The fraction of sp³-hybridized carbons (Fsp3) is 0.304. The highest BCUT2D eigenvalue weighted by molar-refractivity contribution is 5.99. The summed E-state index contributed by atoms with van der Waals surface area (Å²) < 4.78 is 16.8. The van der Waals surface area contributed by atoms with Crippen LogP contribution in [0.15, 0.2) is 51.7 Å². The van der Waals surface area contributed by atoms with Crippen molar-refractivity contribution in [3.63, 3.8) is 0 Å². The van der Waals surface area contributed by atoms with E-state index in [1.165, 1.54) is 0 Å². The number of fused-ring (bicyclic) bond motifs is 2. The maximum atomic E-state index is 13.5. The minimum absolute atomic E-state index is 0.0791. The number of carbonyl (C=O) groups is 1. The van der Waals surface area contributed by atoms with Crippen LogP contribution in [0.2, 0.25) is 0 Å². The number of nitrogens with zero attached hydrogens (tertiary/aromatic N) is 2. The number of benzene rings is 2. The predicted octanol–water partition coefficient (Wildman–Crippen LogP) is 2.92. The number of hydrogen-bond donors (Lipinski definition) is 0. The first-order valence-corrected chi connectivity index (χ1v) is 9.69. The molecule has 1 aliphatic rings. The molecule has 0 radical (unpaired) electrons. The molecule has 0 saturated heterocycles. The van der Waals surface area contributed by atoms with E-state index in [1.807, 2.05) is 43.3 Å². The van der Waals surface area contributed by atoms with Gasteiger partial charge in [0.15, 0.2) is 5.43 Å². The largest absolute Gasteiger partial charge is 0.497 e. The van der Waals surface area contributed by atoms with Crippen molar-refractivity contribution < 1.29 is 18.7 Å². The molecule has 2 heterocycles. The van der Waals surface area contributed by atoms with Gasteiger partial charge in [0.1, 0.15) is 17.1 Å². The lowest BCUT2D eigenvalue weighted by Crippen LogP contribution is -2.35. The summed E-state index contributed by atoms with van der Waals surface area (Å²) in [4.78, 5) is 30.5. The lowest BCUT2D eigenvalue weighted by Gasteiger charge is -2.27. The summed E-state index contributed by atoms with van der Waals surface area (Å²) in [6.07, 6.45) is 0. The average molecular weight is 408 g/mol. The maximum Gasteiger partial charge on any atom is 0.290 e. The van der Waals surface area contributed by atoms with Crippen LogP contribution in [0, 0.1) is 0 Å². The van der Waals surface area contributed by atoms with Crippen molar-refractivity contribution in [2.45, 2.75) is 6.04 Å². The van der Waals surface area contributed by atoms with Crippen LogP contribution in [-0.2, 0) is 0 Å². The molecule has 0 unspecified atom stereocenters. The maximum absolute atomic E-state index is 13.5. The second-order valence-electron chi connectivity index (χ2n) is 7.48. The van der Waals surface area contributed by atoms with Gasteiger partial charge in [-0.15, -0.1) is 0 Å². The molecule has 0 bridgehead atoms. The predicted molar refractivity (Wildman–Crippen MR) is 113 cm³/mol. The van der Waals surface area contributed by atoms with Crippen molar-refractivity contribution in [3.8, 4) is 11.5 Å². The Morgan fingerprint density at radius 3 is 2.53 bits per heavy atom. The zero-order valence-corrected chi connectivity index (χ0v) is 17.5. The highest BCUT2D eigenvalue weighted by atomic mass is 16.5. The number of ether oxygens (including phenoxy) is 2. The van der Waals surface area contributed by atoms with Crippen molar-refractivity contribution in [1.29, 1.82) is 0 Å². The van der Waals surface area contributed by atoms with Crippen LogP contribution in [0.25, 0.3) is 11.0 Å². The van der Waals surface area contributed by atoms with Crippen molar-refractivity contribution >= 4 is 16.9 Å². The minimum Gasteiger partial charge on any atom is -0.497 e. The molecule has 1 aliphatic heterocycles. The Hall–Kier alpha value is -3.32. The normalized spacial score (nSPS) is 15.7. The van der Waals surface area contributed by atoms with E-state index in [0.717, 1.165) is 5.56 Å². The minimum atomic E-state index is -0.577. The van der Waals surface area contributed by atoms with Gasteiger partial charge in [-0.2, -0.15) is 0 Å². The third kappa shape index (κ3) is 3.21. The number of rotatable bonds is 6. The van der Waals surface area contributed by atoms with E-state index >= 15 is 0 Å². The van der Waals surface area contributed by atoms with Gasteiger partial charge in [-0.05, 0) is 32.3 Å². The summed E-state index contributed by atoms with van der Waals surface area (Å²) in [5.74, 6) is 0.953. The molecule has 7 nitrogen and oxygen atoms in total. The monoisotopic (exact) mass is 408 g/mol. The number of carbonyl (C=O) groups excluding carboxylic acids is 1. The summed E-state index contributed by atoms with van der Waals surface area (Å²) in [7, 11) is 7.00. The van der Waals surface area contributed by atoms with E-state index in [-0.39, 0.29) is 17.1 Å². The van der Waals surface area contributed by atoms with Gasteiger partial charge >= 0.3 is 0 Å². The third-order valence-corrected chi connectivity index (χ3v) is 5.40. The van der Waals surface area contributed by atoms with Crippen molar-refractivity contribution in [1.82, 2.24) is 9.80 Å². The molecule has 0 N–H and O–H groups in total. The molecule has 4 rings (SSSR count). The SMILES string of the molecule is COc1ccc2c(=O)c3c(oc2c1)C(=O)N(CCN(C)C)[C@@H]3c1ccccc1OC. The number of para-hydroxylation sites is 1. The van der Waals surface area contributed by atoms with Gasteiger partial charge in [-0.25, -0.2) is 0 Å². The molecular formula is C23H24N2O5. The highest BCUT2D eigenvalue weighted by Crippen LogP contribution is 2.41. The Balaban J connectivity index is 1.96. The summed E-state index contributed by atoms with van der Waals surface area (Å²) in [5, 5.41) is 0.414. The molecule has 2 aromatic carbocycles. The van der Waals surface area contributed by atoms with Gasteiger partial charge in [-0.3, -0.25) is 9.59 Å². The summed E-state index contributed by atoms with van der Waals surface area (Å²) in [6, 6.07) is 11.9. The van der Waals surface area contributed by atoms with Crippen molar-refractivity contribution in [3.05, 3.63) is 69.6 Å². The Morgan fingerprint density at radius 1 is 1.07 bits per heavy atom. The highest BCUT2D eigenvalue weighted by Gasteiger charge is 2.43. The molecule has 7 heteroatoms. The molecule has 0 fully saturated rings. The Morgan fingerprint density at radius 2 is 1.83 bits per heavy atom. The second kappa shape index (κ2) is 7.84. The first-order chi connectivity index (χ1) is 14.5. The van der Waals surface area contributed by atoms with E-state index in [9.17, 15) is 9.59 Å². The summed E-state index contributed by atoms with van der Waals surface area (Å²) in [6.45, 7) is 1.09. The summed E-state index contributed by atoms with van der Waals surface area (Å²) >= 11 is 0. The molecule has 0 aliphatic carbocycles. The van der Waals surface area contributed by atoms with Gasteiger partial charge in [0.2, 0.25) is 5.76 Å². The van der Waals surface area contributed by atoms with Crippen LogP contribution < -0.4 is 14.9 Å². The smallest absolute Gasteiger partial charge is 0.290 e. The fourth-order valence-corrected chi connectivity index (χ4v) is 3.88. The number of methoxy groups -OCH3 is 2. The standard InChI is InChI=1S/C23H24N2O5/c1-24(2)11-12-25-20(15-7-5-6-8-17(15)29-4)19-21(26)16-10-9-14(28-3)13-18(16)30-22(19)23(25)27/h5-10,13,20H,11-12H2,1-4H3/t20-/m1/s1. The topological polar surface area (TPSA) is 72.2 Å². The number of amides is 1. The zero-order chi connectivity index (χ0) is 21.4. The molecule has 3 aromatic rings. The molecule has 1 aromatic heterocycles. The van der Waals surface area contributed by atoms with Crippen LogP contribution in [0.1, 0.15) is 27.7 Å². The van der Waals surface area contributed by atoms with Gasteiger partial charge in [0.05, 0.1) is 31.2 Å².